The third-order valence-electron chi connectivity index (χ3n) is 4.48. The van der Waals surface area contributed by atoms with Crippen LogP contribution in [0, 0.1) is 11.6 Å². The zero-order valence-corrected chi connectivity index (χ0v) is 16.3. The topological polar surface area (TPSA) is 112 Å². The summed E-state index contributed by atoms with van der Waals surface area (Å²) in [6.07, 6.45) is 0.959. The molecule has 4 rings (SSSR count). The first-order valence-corrected chi connectivity index (χ1v) is 9.09. The van der Waals surface area contributed by atoms with Gasteiger partial charge in [-0.15, -0.1) is 4.80 Å². The van der Waals surface area contributed by atoms with Crippen molar-refractivity contribution in [3.05, 3.63) is 78.0 Å². The largest absolute Gasteiger partial charge is 0.420 e. The highest BCUT2D eigenvalue weighted by atomic mass is 19.4. The van der Waals surface area contributed by atoms with Crippen LogP contribution in [0.25, 0.3) is 16.9 Å². The second-order valence-electron chi connectivity index (χ2n) is 6.64. The number of amides is 1. The fourth-order valence-corrected chi connectivity index (χ4v) is 3.00. The molecule has 0 atom stereocenters. The predicted molar refractivity (Wildman–Crippen MR) is 106 cm³/mol. The molecule has 0 bridgehead atoms. The minimum Gasteiger partial charge on any atom is -0.397 e. The van der Waals surface area contributed by atoms with E-state index in [4.69, 9.17) is 5.73 Å². The lowest BCUT2D eigenvalue weighted by molar-refractivity contribution is -0.137. The van der Waals surface area contributed by atoms with Crippen molar-refractivity contribution in [3.63, 3.8) is 0 Å². The molecule has 0 saturated carbocycles. The molecule has 1 amide bonds. The lowest BCUT2D eigenvalue weighted by atomic mass is 10.0. The number of nitrogens with two attached hydrogens (primary N) is 1. The molecule has 0 radical (unpaired) electrons. The summed E-state index contributed by atoms with van der Waals surface area (Å²) in [5.74, 6) is -3.88. The molecular weight excluding hydrogens is 449 g/mol. The Kier molecular flexibility index (Phi) is 5.45. The van der Waals surface area contributed by atoms with Crippen LogP contribution in [0.3, 0.4) is 0 Å². The quantitative estimate of drug-likeness (QED) is 0.447. The van der Waals surface area contributed by atoms with Gasteiger partial charge in [0.1, 0.15) is 17.2 Å². The number of alkyl halides is 3. The highest BCUT2D eigenvalue weighted by Crippen LogP contribution is 2.34. The maximum atomic E-state index is 14.6. The maximum absolute atomic E-state index is 14.6. The summed E-state index contributed by atoms with van der Waals surface area (Å²) >= 11 is 0. The van der Waals surface area contributed by atoms with Gasteiger partial charge in [-0.3, -0.25) is 9.78 Å². The molecule has 168 valence electrons. The second kappa shape index (κ2) is 8.26. The van der Waals surface area contributed by atoms with Crippen molar-refractivity contribution >= 4 is 17.3 Å². The molecule has 3 N–H and O–H groups in total. The molecule has 3 heterocycles. The van der Waals surface area contributed by atoms with Crippen LogP contribution >= 0.6 is 0 Å². The number of hydrogen-bond donors (Lipinski definition) is 2. The molecule has 0 fully saturated rings. The van der Waals surface area contributed by atoms with Gasteiger partial charge in [-0.25, -0.2) is 13.8 Å². The number of hydrogen-bond acceptors (Lipinski definition) is 6. The minimum absolute atomic E-state index is 0.0884. The third-order valence-corrected chi connectivity index (χ3v) is 4.48. The number of aromatic nitrogens is 5. The Bertz CT molecular complexity index is 1340. The highest BCUT2D eigenvalue weighted by molar-refractivity contribution is 6.04. The molecule has 33 heavy (non-hydrogen) atoms. The van der Waals surface area contributed by atoms with E-state index in [1.165, 1.54) is 18.5 Å². The predicted octanol–water partition coefficient (Wildman–Crippen LogP) is 3.86. The van der Waals surface area contributed by atoms with E-state index in [9.17, 15) is 26.7 Å². The molecule has 0 unspecified atom stereocenters. The number of nitrogens with zero attached hydrogens (tertiary/aromatic N) is 5. The van der Waals surface area contributed by atoms with Crippen LogP contribution in [0.15, 0.2) is 55.2 Å². The number of carbonyl (C=O) groups is 1. The van der Waals surface area contributed by atoms with E-state index in [2.05, 4.69) is 25.5 Å². The summed E-state index contributed by atoms with van der Waals surface area (Å²) < 4.78 is 69.7. The van der Waals surface area contributed by atoms with Gasteiger partial charge in [0, 0.05) is 17.3 Å². The Morgan fingerprint density at radius 1 is 0.970 bits per heavy atom. The summed E-state index contributed by atoms with van der Waals surface area (Å²) in [6, 6.07) is 3.35. The summed E-state index contributed by atoms with van der Waals surface area (Å²) in [5, 5.41) is 9.31. The van der Waals surface area contributed by atoms with Crippen molar-refractivity contribution in [1.82, 2.24) is 25.0 Å². The maximum Gasteiger partial charge on any atom is 0.420 e. The first kappa shape index (κ1) is 21.8. The van der Waals surface area contributed by atoms with Crippen LogP contribution in [0.4, 0.5) is 33.3 Å². The number of pyridine rings is 2. The van der Waals surface area contributed by atoms with Crippen molar-refractivity contribution in [3.8, 4) is 16.9 Å². The zero-order chi connectivity index (χ0) is 23.8. The SMILES string of the molecule is Nc1cnccc1-c1cc(F)c(C(=O)Nc2cnc(-n3nccn3)c(C(F)(F)F)c2)cc1F. The van der Waals surface area contributed by atoms with Gasteiger partial charge < -0.3 is 11.1 Å². The van der Waals surface area contributed by atoms with Crippen molar-refractivity contribution in [2.75, 3.05) is 11.1 Å². The molecule has 0 aliphatic rings. The number of rotatable bonds is 4. The first-order valence-electron chi connectivity index (χ1n) is 9.09. The average molecular weight is 461 g/mol. The van der Waals surface area contributed by atoms with Gasteiger partial charge in [0.05, 0.1) is 41.7 Å². The molecule has 0 aliphatic carbocycles. The molecule has 0 spiro atoms. The second-order valence-corrected chi connectivity index (χ2v) is 6.64. The molecule has 1 aromatic carbocycles. The normalized spacial score (nSPS) is 11.4. The van der Waals surface area contributed by atoms with Gasteiger partial charge in [-0.1, -0.05) is 0 Å². The van der Waals surface area contributed by atoms with Gasteiger partial charge in [-0.2, -0.15) is 23.4 Å². The number of carbonyl (C=O) groups excluding carboxylic acids is 1. The van der Waals surface area contributed by atoms with Crippen molar-refractivity contribution in [2.45, 2.75) is 6.18 Å². The molecule has 8 nitrogen and oxygen atoms in total. The summed E-state index contributed by atoms with van der Waals surface area (Å²) in [4.78, 5) is 20.6. The van der Waals surface area contributed by atoms with E-state index in [0.29, 0.717) is 16.9 Å². The standard InChI is InChI=1S/C20H12F5N7O/c21-15-7-13(16(22)6-12(15)11-1-2-27-9-17(11)26)19(33)31-10-5-14(20(23,24)25)18(28-8-10)32-29-3-4-30-32/h1-9H,26H2,(H,31,33). The Morgan fingerprint density at radius 3 is 2.36 bits per heavy atom. The average Bonchev–Trinajstić information content (AvgIpc) is 3.30. The van der Waals surface area contributed by atoms with Crippen LogP contribution in [0.5, 0.6) is 0 Å². The van der Waals surface area contributed by atoms with Crippen LogP contribution in [-0.2, 0) is 6.18 Å². The molecule has 0 aliphatic heterocycles. The fraction of sp³-hybridized carbons (Fsp3) is 0.0500. The van der Waals surface area contributed by atoms with E-state index in [1.807, 2.05) is 0 Å². The Morgan fingerprint density at radius 2 is 1.70 bits per heavy atom. The minimum atomic E-state index is -4.86. The molecule has 0 saturated heterocycles. The van der Waals surface area contributed by atoms with E-state index in [1.54, 1.807) is 0 Å². The number of halogens is 5. The molecule has 13 heteroatoms. The van der Waals surface area contributed by atoms with Gasteiger partial charge in [0.25, 0.3) is 5.91 Å². The van der Waals surface area contributed by atoms with Crippen LogP contribution < -0.4 is 11.1 Å². The van der Waals surface area contributed by atoms with Gasteiger partial charge in [0.15, 0.2) is 5.82 Å². The molecule has 3 aromatic heterocycles. The van der Waals surface area contributed by atoms with Gasteiger partial charge in [0.2, 0.25) is 0 Å². The van der Waals surface area contributed by atoms with Crippen LogP contribution in [0.2, 0.25) is 0 Å². The van der Waals surface area contributed by atoms with E-state index >= 15 is 0 Å². The van der Waals surface area contributed by atoms with Gasteiger partial charge >= 0.3 is 6.18 Å². The van der Waals surface area contributed by atoms with Crippen LogP contribution in [0.1, 0.15) is 15.9 Å². The summed E-state index contributed by atoms with van der Waals surface area (Å²) in [5.41, 5.74) is 3.40. The zero-order valence-electron chi connectivity index (χ0n) is 16.3. The highest BCUT2D eigenvalue weighted by Gasteiger charge is 2.36. The van der Waals surface area contributed by atoms with Gasteiger partial charge in [-0.05, 0) is 24.3 Å². The van der Waals surface area contributed by atoms with Crippen molar-refractivity contribution in [2.24, 2.45) is 0 Å². The van der Waals surface area contributed by atoms with E-state index < -0.39 is 46.4 Å². The van der Waals surface area contributed by atoms with E-state index in [0.717, 1.165) is 24.7 Å². The fourth-order valence-electron chi connectivity index (χ4n) is 3.00. The number of benzene rings is 1. The summed E-state index contributed by atoms with van der Waals surface area (Å²) in [7, 11) is 0. The lowest BCUT2D eigenvalue weighted by Gasteiger charge is -2.14. The van der Waals surface area contributed by atoms with E-state index in [-0.39, 0.29) is 16.8 Å². The number of anilines is 2. The summed E-state index contributed by atoms with van der Waals surface area (Å²) in [6.45, 7) is 0. The number of nitrogens with one attached hydrogen (secondary N) is 1. The number of nitrogen functional groups attached to an aromatic ring is 1. The van der Waals surface area contributed by atoms with Crippen LogP contribution in [-0.4, -0.2) is 30.9 Å². The molecular formula is C20H12F5N7O. The van der Waals surface area contributed by atoms with Crippen molar-refractivity contribution in [1.29, 1.82) is 0 Å². The Hall–Kier alpha value is -4.42. The smallest absolute Gasteiger partial charge is 0.397 e. The third kappa shape index (κ3) is 4.33. The monoisotopic (exact) mass is 461 g/mol. The molecule has 4 aromatic rings. The lowest BCUT2D eigenvalue weighted by Crippen LogP contribution is -2.18. The first-order chi connectivity index (χ1) is 15.6. The Balaban J connectivity index is 1.66. The Labute approximate surface area is 181 Å². The van der Waals surface area contributed by atoms with Crippen molar-refractivity contribution < 1.29 is 26.7 Å².